The van der Waals surface area contributed by atoms with Crippen LogP contribution in [0.1, 0.15) is 27.0 Å². The Balaban J connectivity index is 1.71. The topological polar surface area (TPSA) is 76.1 Å². The van der Waals surface area contributed by atoms with Gasteiger partial charge in [0.25, 0.3) is 0 Å². The quantitative estimate of drug-likeness (QED) is 0.892. The molecule has 6 heteroatoms. The lowest BCUT2D eigenvalue weighted by atomic mass is 9.98. The van der Waals surface area contributed by atoms with Gasteiger partial charge in [0.15, 0.2) is 11.5 Å². The number of hydrogen-bond acceptors (Lipinski definition) is 4. The van der Waals surface area contributed by atoms with Crippen molar-refractivity contribution >= 4 is 11.9 Å². The summed E-state index contributed by atoms with van der Waals surface area (Å²) in [6, 6.07) is 10.3. The average molecular weight is 355 g/mol. The third-order valence-electron chi connectivity index (χ3n) is 4.63. The lowest BCUT2D eigenvalue weighted by molar-refractivity contribution is -0.131. The van der Waals surface area contributed by atoms with Crippen molar-refractivity contribution in [2.75, 3.05) is 20.8 Å². The smallest absolute Gasteiger partial charge is 0.335 e. The number of methoxy groups -OCH3 is 2. The van der Waals surface area contributed by atoms with Crippen molar-refractivity contribution in [2.45, 2.75) is 19.4 Å². The van der Waals surface area contributed by atoms with Gasteiger partial charge in [-0.25, -0.2) is 4.79 Å². The van der Waals surface area contributed by atoms with Crippen molar-refractivity contribution in [2.24, 2.45) is 0 Å². The van der Waals surface area contributed by atoms with Gasteiger partial charge in [-0.15, -0.1) is 0 Å². The summed E-state index contributed by atoms with van der Waals surface area (Å²) in [4.78, 5) is 25.3. The summed E-state index contributed by atoms with van der Waals surface area (Å²) in [5, 5.41) is 8.94. The first kappa shape index (κ1) is 17.8. The van der Waals surface area contributed by atoms with Gasteiger partial charge in [-0.05, 0) is 47.4 Å². The Labute approximate surface area is 152 Å². The summed E-state index contributed by atoms with van der Waals surface area (Å²) in [7, 11) is 3.20. The van der Waals surface area contributed by atoms with Crippen molar-refractivity contribution in [1.29, 1.82) is 0 Å². The second-order valence-corrected chi connectivity index (χ2v) is 6.22. The zero-order valence-corrected chi connectivity index (χ0v) is 14.8. The molecule has 136 valence electrons. The van der Waals surface area contributed by atoms with E-state index in [1.54, 1.807) is 26.4 Å². The van der Waals surface area contributed by atoms with Crippen LogP contribution in [0.3, 0.4) is 0 Å². The molecular formula is C20H21NO5. The van der Waals surface area contributed by atoms with Crippen LogP contribution in [-0.2, 0) is 24.2 Å². The van der Waals surface area contributed by atoms with Crippen LogP contribution in [0.25, 0.3) is 0 Å². The van der Waals surface area contributed by atoms with Crippen molar-refractivity contribution in [3.05, 3.63) is 58.7 Å². The molecule has 26 heavy (non-hydrogen) atoms. The molecule has 1 N–H and O–H groups in total. The molecule has 1 heterocycles. The van der Waals surface area contributed by atoms with E-state index < -0.39 is 5.97 Å². The van der Waals surface area contributed by atoms with Gasteiger partial charge in [-0.1, -0.05) is 12.1 Å². The van der Waals surface area contributed by atoms with E-state index in [4.69, 9.17) is 14.6 Å². The molecule has 0 saturated carbocycles. The molecule has 0 saturated heterocycles. The van der Waals surface area contributed by atoms with Crippen LogP contribution in [0.2, 0.25) is 0 Å². The molecule has 0 bridgehead atoms. The lowest BCUT2D eigenvalue weighted by Gasteiger charge is -2.29. The van der Waals surface area contributed by atoms with Gasteiger partial charge in [0.2, 0.25) is 5.91 Å². The Kier molecular flexibility index (Phi) is 5.11. The maximum atomic E-state index is 12.6. The highest BCUT2D eigenvalue weighted by Gasteiger charge is 2.23. The number of hydrogen-bond donors (Lipinski definition) is 1. The predicted octanol–water partition coefficient (Wildman–Crippen LogP) is 2.53. The lowest BCUT2D eigenvalue weighted by Crippen LogP contribution is -2.36. The normalized spacial score (nSPS) is 13.1. The Morgan fingerprint density at radius 1 is 1.04 bits per heavy atom. The van der Waals surface area contributed by atoms with E-state index in [0.717, 1.165) is 23.1 Å². The van der Waals surface area contributed by atoms with Gasteiger partial charge in [0.1, 0.15) is 0 Å². The fraction of sp³-hybridized carbons (Fsp3) is 0.300. The molecule has 1 amide bonds. The van der Waals surface area contributed by atoms with E-state index >= 15 is 0 Å². The molecule has 0 aromatic heterocycles. The van der Waals surface area contributed by atoms with Crippen LogP contribution in [0.4, 0.5) is 0 Å². The van der Waals surface area contributed by atoms with E-state index in [1.165, 1.54) is 12.1 Å². The summed E-state index contributed by atoms with van der Waals surface area (Å²) < 4.78 is 10.7. The molecule has 0 atom stereocenters. The number of carboxylic acids is 1. The van der Waals surface area contributed by atoms with Gasteiger partial charge in [0.05, 0.1) is 26.2 Å². The SMILES string of the molecule is COc1cc2c(cc1OC)CN(C(=O)Cc1ccc(C(=O)O)cc1)CC2. The number of ether oxygens (including phenoxy) is 2. The number of benzene rings is 2. The van der Waals surface area contributed by atoms with Gasteiger partial charge in [-0.3, -0.25) is 4.79 Å². The molecule has 3 rings (SSSR count). The first-order valence-corrected chi connectivity index (χ1v) is 8.35. The maximum Gasteiger partial charge on any atom is 0.335 e. The number of carboxylic acid groups (broad SMARTS) is 1. The van der Waals surface area contributed by atoms with Gasteiger partial charge < -0.3 is 19.5 Å². The first-order chi connectivity index (χ1) is 12.5. The van der Waals surface area contributed by atoms with Crippen molar-refractivity contribution < 1.29 is 24.2 Å². The number of aromatic carboxylic acids is 1. The zero-order chi connectivity index (χ0) is 18.7. The minimum Gasteiger partial charge on any atom is -0.493 e. The van der Waals surface area contributed by atoms with E-state index in [0.29, 0.717) is 24.6 Å². The standard InChI is InChI=1S/C20H21NO5/c1-25-17-10-15-7-8-21(12-16(15)11-18(17)26-2)19(22)9-13-3-5-14(6-4-13)20(23)24/h3-6,10-11H,7-9,12H2,1-2H3,(H,23,24). The monoisotopic (exact) mass is 355 g/mol. The first-order valence-electron chi connectivity index (χ1n) is 8.35. The van der Waals surface area contributed by atoms with Crippen LogP contribution in [0.5, 0.6) is 11.5 Å². The summed E-state index contributed by atoms with van der Waals surface area (Å²) in [5.41, 5.74) is 3.24. The van der Waals surface area contributed by atoms with Crippen LogP contribution >= 0.6 is 0 Å². The minimum atomic E-state index is -0.972. The molecule has 2 aromatic rings. The zero-order valence-electron chi connectivity index (χ0n) is 14.8. The van der Waals surface area contributed by atoms with Crippen LogP contribution < -0.4 is 9.47 Å². The van der Waals surface area contributed by atoms with Crippen molar-refractivity contribution in [1.82, 2.24) is 4.90 Å². The third-order valence-corrected chi connectivity index (χ3v) is 4.63. The average Bonchev–Trinajstić information content (AvgIpc) is 2.66. The molecule has 0 spiro atoms. The summed E-state index contributed by atoms with van der Waals surface area (Å²) >= 11 is 0. The Bertz CT molecular complexity index is 829. The molecule has 1 aliphatic rings. The second-order valence-electron chi connectivity index (χ2n) is 6.22. The van der Waals surface area contributed by atoms with Crippen molar-refractivity contribution in [3.63, 3.8) is 0 Å². The Morgan fingerprint density at radius 3 is 2.23 bits per heavy atom. The molecule has 0 fully saturated rings. The molecule has 0 aliphatic carbocycles. The van der Waals surface area contributed by atoms with Crippen LogP contribution in [0.15, 0.2) is 36.4 Å². The second kappa shape index (κ2) is 7.47. The number of amides is 1. The fourth-order valence-corrected chi connectivity index (χ4v) is 3.15. The Morgan fingerprint density at radius 2 is 1.65 bits per heavy atom. The Hall–Kier alpha value is -3.02. The van der Waals surface area contributed by atoms with Crippen LogP contribution in [-0.4, -0.2) is 42.6 Å². The summed E-state index contributed by atoms with van der Waals surface area (Å²) in [6.45, 7) is 1.18. The highest BCUT2D eigenvalue weighted by molar-refractivity contribution is 5.87. The number of nitrogens with zero attached hydrogens (tertiary/aromatic N) is 1. The number of carbonyl (C=O) groups excluding carboxylic acids is 1. The fourth-order valence-electron chi connectivity index (χ4n) is 3.15. The molecule has 6 nitrogen and oxygen atoms in total. The van der Waals surface area contributed by atoms with Crippen LogP contribution in [0, 0.1) is 0 Å². The van der Waals surface area contributed by atoms with Crippen molar-refractivity contribution in [3.8, 4) is 11.5 Å². The minimum absolute atomic E-state index is 0.0218. The summed E-state index contributed by atoms with van der Waals surface area (Å²) in [6.07, 6.45) is 1.02. The molecular weight excluding hydrogens is 334 g/mol. The van der Waals surface area contributed by atoms with Gasteiger partial charge >= 0.3 is 5.97 Å². The van der Waals surface area contributed by atoms with E-state index in [-0.39, 0.29) is 17.9 Å². The van der Waals surface area contributed by atoms with E-state index in [2.05, 4.69) is 0 Å². The number of fused-ring (bicyclic) bond motifs is 1. The number of rotatable bonds is 5. The summed E-state index contributed by atoms with van der Waals surface area (Å²) in [5.74, 6) is 0.405. The third kappa shape index (κ3) is 3.64. The maximum absolute atomic E-state index is 12.6. The predicted molar refractivity (Wildman–Crippen MR) is 95.8 cm³/mol. The molecule has 0 unspecified atom stereocenters. The molecule has 2 aromatic carbocycles. The van der Waals surface area contributed by atoms with Gasteiger partial charge in [-0.2, -0.15) is 0 Å². The highest BCUT2D eigenvalue weighted by Crippen LogP contribution is 2.33. The molecule has 0 radical (unpaired) electrons. The largest absolute Gasteiger partial charge is 0.493 e. The van der Waals surface area contributed by atoms with E-state index in [9.17, 15) is 9.59 Å². The molecule has 1 aliphatic heterocycles. The van der Waals surface area contributed by atoms with Gasteiger partial charge in [0, 0.05) is 13.1 Å². The van der Waals surface area contributed by atoms with E-state index in [1.807, 2.05) is 17.0 Å². The highest BCUT2D eigenvalue weighted by atomic mass is 16.5. The number of carbonyl (C=O) groups is 2.